The fourth-order valence-electron chi connectivity index (χ4n) is 0.559. The molecule has 0 radical (unpaired) electrons. The Bertz CT molecular complexity index is 172. The summed E-state index contributed by atoms with van der Waals surface area (Å²) in [7, 11) is 0. The van der Waals surface area contributed by atoms with Crippen LogP contribution in [0.15, 0.2) is 24.3 Å². The Kier molecular flexibility index (Phi) is 12.1. The number of benzene rings is 1. The third-order valence-electron chi connectivity index (χ3n) is 0.911. The number of nitrogen functional groups attached to an aromatic ring is 2. The van der Waals surface area contributed by atoms with E-state index in [9.17, 15) is 0 Å². The van der Waals surface area contributed by atoms with E-state index in [1.807, 2.05) is 19.9 Å². The van der Waals surface area contributed by atoms with Crippen molar-refractivity contribution >= 4 is 11.4 Å². The van der Waals surface area contributed by atoms with E-state index in [0.29, 0.717) is 11.4 Å². The van der Waals surface area contributed by atoms with Gasteiger partial charge < -0.3 is 18.9 Å². The molecule has 0 spiro atoms. The predicted molar refractivity (Wildman–Crippen MR) is 53.0 cm³/mol. The van der Waals surface area contributed by atoms with E-state index in [1.54, 1.807) is 18.2 Å². The van der Waals surface area contributed by atoms with Crippen molar-refractivity contribution in [2.24, 2.45) is 0 Å². The van der Waals surface area contributed by atoms with Crippen LogP contribution in [0.3, 0.4) is 0 Å². The molecule has 3 heteroatoms. The van der Waals surface area contributed by atoms with Crippen LogP contribution in [0.2, 0.25) is 0 Å². The Labute approximate surface area is 69.2 Å². The molecule has 0 aliphatic heterocycles. The van der Waals surface area contributed by atoms with E-state index in [4.69, 9.17) is 11.5 Å². The summed E-state index contributed by atoms with van der Waals surface area (Å²) in [4.78, 5) is 0. The minimum absolute atomic E-state index is 0. The standard InChI is InChI=1S/C6H8N2.C2H6.CH3.Fm/c7-5-2-1-3-6(8)4-5;1-2;;/h1-4H,7-8H2;1-2H3;1H3;/q;;-1;. The SMILES string of the molecule is CC.Nc1cccc(N)c1.[CH3-].[Fm]. The Balaban J connectivity index is -0.000000189. The minimum atomic E-state index is 0. The van der Waals surface area contributed by atoms with Crippen LogP contribution in [0.25, 0.3) is 0 Å². The molecule has 0 aliphatic carbocycles. The number of hydrogen-bond acceptors (Lipinski definition) is 2. The molecule has 0 saturated carbocycles. The van der Waals surface area contributed by atoms with Crippen LogP contribution in [0, 0.1) is 7.43 Å². The van der Waals surface area contributed by atoms with Crippen LogP contribution in [0.1, 0.15) is 13.8 Å². The summed E-state index contributed by atoms with van der Waals surface area (Å²) < 4.78 is 0. The molecule has 0 amide bonds. The molecular formula is C9H17FmN2-. The molecule has 1 aromatic rings. The van der Waals surface area contributed by atoms with E-state index >= 15 is 0 Å². The minimum Gasteiger partial charge on any atom is -0.399 e. The first-order valence-electron chi connectivity index (χ1n) is 3.40. The third-order valence-corrected chi connectivity index (χ3v) is 0.911. The molecule has 12 heavy (non-hydrogen) atoms. The van der Waals surface area contributed by atoms with Crippen molar-refractivity contribution in [3.63, 3.8) is 0 Å². The Morgan fingerprint density at radius 1 is 1.00 bits per heavy atom. The molecule has 76 valence electrons. The predicted octanol–water partition coefficient (Wildman–Crippen LogP) is 2.33. The van der Waals surface area contributed by atoms with E-state index in [2.05, 4.69) is 0 Å². The first-order chi connectivity index (χ1) is 4.79. The molecule has 1 aromatic carbocycles. The first kappa shape index (κ1) is 16.4. The molecular weight excluding hydrogens is 393 g/mol. The van der Waals surface area contributed by atoms with Crippen molar-refractivity contribution in [1.82, 2.24) is 0 Å². The summed E-state index contributed by atoms with van der Waals surface area (Å²) in [5, 5.41) is 0. The summed E-state index contributed by atoms with van der Waals surface area (Å²) in [6, 6.07) is 7.15. The van der Waals surface area contributed by atoms with Gasteiger partial charge in [0.15, 0.2) is 0 Å². The fraction of sp³-hybridized carbons (Fsp3) is 0.222. The van der Waals surface area contributed by atoms with Gasteiger partial charge in [-0.25, -0.2) is 0 Å². The first-order valence-corrected chi connectivity index (χ1v) is 3.40. The maximum atomic E-state index is 5.38. The molecule has 0 aromatic heterocycles. The molecule has 0 bridgehead atoms. The molecule has 0 aliphatic rings. The van der Waals surface area contributed by atoms with Crippen molar-refractivity contribution in [1.29, 1.82) is 0 Å². The van der Waals surface area contributed by atoms with E-state index in [0.717, 1.165) is 0 Å². The van der Waals surface area contributed by atoms with Gasteiger partial charge in [0.2, 0.25) is 0 Å². The Morgan fingerprint density at radius 2 is 1.33 bits per heavy atom. The molecule has 2 nitrogen and oxygen atoms in total. The van der Waals surface area contributed by atoms with Crippen LogP contribution in [0.5, 0.6) is 0 Å². The smallest absolute Gasteiger partial charge is 0.0334 e. The van der Waals surface area contributed by atoms with Gasteiger partial charge in [0, 0.05) is 11.4 Å². The summed E-state index contributed by atoms with van der Waals surface area (Å²) in [6.07, 6.45) is 0. The molecule has 0 heterocycles. The topological polar surface area (TPSA) is 52.0 Å². The number of nitrogens with two attached hydrogens (primary N) is 2. The summed E-state index contributed by atoms with van der Waals surface area (Å²) in [5.41, 5.74) is 12.2. The van der Waals surface area contributed by atoms with E-state index in [-0.39, 0.29) is 7.43 Å². The van der Waals surface area contributed by atoms with E-state index in [1.165, 1.54) is 0 Å². The van der Waals surface area contributed by atoms with Gasteiger partial charge in [0.05, 0.1) is 0 Å². The Morgan fingerprint density at radius 3 is 1.50 bits per heavy atom. The average Bonchev–Trinajstić information content (AvgIpc) is 1.91. The Hall–Kier alpha value is -2.18. The molecule has 4 N–H and O–H groups in total. The zero-order valence-corrected chi connectivity index (χ0v) is 10.2. The average molecular weight is 410 g/mol. The van der Waals surface area contributed by atoms with Gasteiger partial charge in [0.25, 0.3) is 0 Å². The third kappa shape index (κ3) is 5.95. The van der Waals surface area contributed by atoms with Crippen molar-refractivity contribution in [2.45, 2.75) is 13.8 Å². The van der Waals surface area contributed by atoms with Gasteiger partial charge >= 0.3 is 0 Å². The second kappa shape index (κ2) is 8.82. The fourth-order valence-corrected chi connectivity index (χ4v) is 0.559. The van der Waals surface area contributed by atoms with E-state index < -0.39 is 0 Å². The summed E-state index contributed by atoms with van der Waals surface area (Å²) in [5.74, 6) is 0. The monoisotopic (exact) mass is 410 g/mol. The van der Waals surface area contributed by atoms with Crippen molar-refractivity contribution in [3.05, 3.63) is 31.7 Å². The van der Waals surface area contributed by atoms with Crippen LogP contribution >= 0.6 is 0 Å². The molecule has 0 fully saturated rings. The van der Waals surface area contributed by atoms with Crippen LogP contribution in [0.4, 0.5) is 11.4 Å². The maximum absolute atomic E-state index is 5.38. The number of rotatable bonds is 0. The zero-order valence-electron chi connectivity index (χ0n) is 7.75. The normalized spacial score (nSPS) is 6.50. The van der Waals surface area contributed by atoms with Crippen molar-refractivity contribution in [3.8, 4) is 0 Å². The van der Waals surface area contributed by atoms with Gasteiger partial charge in [-0.1, -0.05) is 19.9 Å². The van der Waals surface area contributed by atoms with Gasteiger partial charge in [-0.3, -0.25) is 0 Å². The molecule has 0 unspecified atom stereocenters. The summed E-state index contributed by atoms with van der Waals surface area (Å²) in [6.45, 7) is 4.00. The number of anilines is 2. The molecule has 1 rings (SSSR count). The van der Waals surface area contributed by atoms with Gasteiger partial charge in [0.1, 0.15) is 0 Å². The van der Waals surface area contributed by atoms with Crippen LogP contribution in [-0.4, -0.2) is 0 Å². The van der Waals surface area contributed by atoms with Crippen LogP contribution < -0.4 is 11.5 Å². The molecule has 0 atom stereocenters. The van der Waals surface area contributed by atoms with Gasteiger partial charge in [-0.15, -0.1) is 0 Å². The second-order valence-electron chi connectivity index (χ2n) is 1.67. The second-order valence-corrected chi connectivity index (χ2v) is 1.67. The van der Waals surface area contributed by atoms with Gasteiger partial charge in [-0.05, 0) is 18.2 Å². The van der Waals surface area contributed by atoms with Crippen molar-refractivity contribution < 1.29 is 0 Å². The quantitative estimate of drug-likeness (QED) is 0.510. The maximum Gasteiger partial charge on any atom is 0.0334 e. The molecule has 0 saturated heterocycles. The largest absolute Gasteiger partial charge is 0.399 e. The zero-order chi connectivity index (χ0) is 7.98. The summed E-state index contributed by atoms with van der Waals surface area (Å²) >= 11 is 0. The van der Waals surface area contributed by atoms with Gasteiger partial charge in [-0.2, -0.15) is 0 Å². The number of hydrogen-bond donors (Lipinski definition) is 2. The van der Waals surface area contributed by atoms with Crippen LogP contribution in [-0.2, 0) is 0 Å². The van der Waals surface area contributed by atoms with Crippen molar-refractivity contribution in [2.75, 3.05) is 11.5 Å².